The van der Waals surface area contributed by atoms with Gasteiger partial charge in [-0.15, -0.1) is 0 Å². The summed E-state index contributed by atoms with van der Waals surface area (Å²) >= 11 is 0. The Bertz CT molecular complexity index is 943. The number of carbonyl (C=O) groups excluding carboxylic acids is 2. The zero-order chi connectivity index (χ0) is 17.4. The van der Waals surface area contributed by atoms with Crippen LogP contribution in [0, 0.1) is 0 Å². The van der Waals surface area contributed by atoms with Gasteiger partial charge in [0.1, 0.15) is 11.3 Å². The molecule has 0 saturated carbocycles. The van der Waals surface area contributed by atoms with Crippen LogP contribution >= 0.6 is 0 Å². The average Bonchev–Trinajstić information content (AvgIpc) is 3.27. The number of aromatic nitrogens is 4. The molecular weight excluding hydrogens is 320 g/mol. The summed E-state index contributed by atoms with van der Waals surface area (Å²) in [6.45, 7) is 0.893. The van der Waals surface area contributed by atoms with Gasteiger partial charge in [0.25, 0.3) is 5.91 Å². The Morgan fingerprint density at radius 3 is 3.04 bits per heavy atom. The third-order valence-electron chi connectivity index (χ3n) is 4.51. The molecule has 128 valence electrons. The SMILES string of the molecule is CNC(=O)C[C@@H]1CN(C(=O)c2cnc3ccccn23)Cc2ccnn21. The first-order valence-corrected chi connectivity index (χ1v) is 8.11. The second kappa shape index (κ2) is 6.04. The lowest BCUT2D eigenvalue weighted by Crippen LogP contribution is -2.43. The van der Waals surface area contributed by atoms with Crippen molar-refractivity contribution in [3.05, 3.63) is 54.2 Å². The van der Waals surface area contributed by atoms with E-state index < -0.39 is 0 Å². The predicted octanol–water partition coefficient (Wildman–Crippen LogP) is 0.864. The molecule has 0 aliphatic carbocycles. The first-order valence-electron chi connectivity index (χ1n) is 8.11. The van der Waals surface area contributed by atoms with E-state index in [4.69, 9.17) is 0 Å². The van der Waals surface area contributed by atoms with E-state index >= 15 is 0 Å². The minimum Gasteiger partial charge on any atom is -0.359 e. The Morgan fingerprint density at radius 2 is 2.20 bits per heavy atom. The van der Waals surface area contributed by atoms with Crippen LogP contribution in [-0.2, 0) is 11.3 Å². The van der Waals surface area contributed by atoms with E-state index in [2.05, 4.69) is 15.4 Å². The summed E-state index contributed by atoms with van der Waals surface area (Å²) in [5.41, 5.74) is 2.17. The molecule has 0 spiro atoms. The van der Waals surface area contributed by atoms with Gasteiger partial charge in [-0.2, -0.15) is 5.10 Å². The van der Waals surface area contributed by atoms with E-state index in [1.807, 2.05) is 35.1 Å². The maximum absolute atomic E-state index is 13.0. The Kier molecular flexibility index (Phi) is 3.72. The number of pyridine rings is 1. The molecule has 1 aliphatic rings. The summed E-state index contributed by atoms with van der Waals surface area (Å²) in [5, 5.41) is 6.95. The fourth-order valence-electron chi connectivity index (χ4n) is 3.26. The molecular formula is C17H18N6O2. The largest absolute Gasteiger partial charge is 0.359 e. The smallest absolute Gasteiger partial charge is 0.272 e. The fraction of sp³-hybridized carbons (Fsp3) is 0.294. The molecule has 0 bridgehead atoms. The van der Waals surface area contributed by atoms with Crippen molar-refractivity contribution in [2.45, 2.75) is 19.0 Å². The van der Waals surface area contributed by atoms with Crippen molar-refractivity contribution in [3.8, 4) is 0 Å². The minimum atomic E-state index is -0.179. The van der Waals surface area contributed by atoms with Gasteiger partial charge in [0.2, 0.25) is 5.91 Å². The second-order valence-electron chi connectivity index (χ2n) is 6.06. The van der Waals surface area contributed by atoms with Crippen LogP contribution in [0.1, 0.15) is 28.6 Å². The lowest BCUT2D eigenvalue weighted by molar-refractivity contribution is -0.121. The van der Waals surface area contributed by atoms with E-state index in [1.165, 1.54) is 0 Å². The molecule has 8 nitrogen and oxygen atoms in total. The minimum absolute atomic E-state index is 0.0736. The highest BCUT2D eigenvalue weighted by atomic mass is 16.2. The molecule has 0 fully saturated rings. The van der Waals surface area contributed by atoms with E-state index in [-0.39, 0.29) is 24.3 Å². The van der Waals surface area contributed by atoms with Crippen LogP contribution in [0.3, 0.4) is 0 Å². The fourth-order valence-corrected chi connectivity index (χ4v) is 3.26. The summed E-state index contributed by atoms with van der Waals surface area (Å²) in [5.74, 6) is -0.177. The highest BCUT2D eigenvalue weighted by Crippen LogP contribution is 2.24. The molecule has 3 aromatic rings. The molecule has 0 unspecified atom stereocenters. The highest BCUT2D eigenvalue weighted by molar-refractivity contribution is 5.93. The van der Waals surface area contributed by atoms with Crippen LogP contribution in [0.15, 0.2) is 42.9 Å². The molecule has 3 aromatic heterocycles. The van der Waals surface area contributed by atoms with Crippen LogP contribution in [0.2, 0.25) is 0 Å². The number of nitrogens with zero attached hydrogens (tertiary/aromatic N) is 5. The molecule has 2 amide bonds. The van der Waals surface area contributed by atoms with Crippen molar-refractivity contribution < 1.29 is 9.59 Å². The van der Waals surface area contributed by atoms with Gasteiger partial charge in [-0.3, -0.25) is 18.7 Å². The number of nitrogens with one attached hydrogen (secondary N) is 1. The van der Waals surface area contributed by atoms with Gasteiger partial charge < -0.3 is 10.2 Å². The number of fused-ring (bicyclic) bond motifs is 2. The highest BCUT2D eigenvalue weighted by Gasteiger charge is 2.31. The molecule has 0 saturated heterocycles. The van der Waals surface area contributed by atoms with Gasteiger partial charge in [0, 0.05) is 26.0 Å². The van der Waals surface area contributed by atoms with Gasteiger partial charge >= 0.3 is 0 Å². The van der Waals surface area contributed by atoms with E-state index in [1.54, 1.807) is 28.7 Å². The number of amides is 2. The lowest BCUT2D eigenvalue weighted by Gasteiger charge is -2.33. The Labute approximate surface area is 144 Å². The van der Waals surface area contributed by atoms with Crippen molar-refractivity contribution >= 4 is 17.5 Å². The first kappa shape index (κ1) is 15.4. The zero-order valence-electron chi connectivity index (χ0n) is 13.8. The number of rotatable bonds is 3. The molecule has 4 rings (SSSR count). The molecule has 4 heterocycles. The van der Waals surface area contributed by atoms with Crippen LogP contribution in [0.5, 0.6) is 0 Å². The normalized spacial score (nSPS) is 16.7. The van der Waals surface area contributed by atoms with Gasteiger partial charge in [0.05, 0.1) is 30.9 Å². The quantitative estimate of drug-likeness (QED) is 0.768. The monoisotopic (exact) mass is 338 g/mol. The summed E-state index contributed by atoms with van der Waals surface area (Å²) < 4.78 is 3.62. The maximum atomic E-state index is 13.0. The second-order valence-corrected chi connectivity index (χ2v) is 6.06. The Hall–Kier alpha value is -3.16. The number of hydrogen-bond acceptors (Lipinski definition) is 4. The summed E-state index contributed by atoms with van der Waals surface area (Å²) in [6.07, 6.45) is 5.40. The van der Waals surface area contributed by atoms with Crippen molar-refractivity contribution in [2.24, 2.45) is 0 Å². The Morgan fingerprint density at radius 1 is 1.32 bits per heavy atom. The molecule has 1 aliphatic heterocycles. The third-order valence-corrected chi connectivity index (χ3v) is 4.51. The average molecular weight is 338 g/mol. The van der Waals surface area contributed by atoms with E-state index in [9.17, 15) is 9.59 Å². The molecule has 1 atom stereocenters. The van der Waals surface area contributed by atoms with Crippen molar-refractivity contribution in [1.82, 2.24) is 29.4 Å². The van der Waals surface area contributed by atoms with Crippen molar-refractivity contribution in [3.63, 3.8) is 0 Å². The molecule has 0 radical (unpaired) electrons. The summed E-state index contributed by atoms with van der Waals surface area (Å²) in [4.78, 5) is 30.9. The van der Waals surface area contributed by atoms with Gasteiger partial charge in [-0.25, -0.2) is 4.98 Å². The Balaban J connectivity index is 1.64. The van der Waals surface area contributed by atoms with E-state index in [0.29, 0.717) is 18.8 Å². The van der Waals surface area contributed by atoms with Crippen molar-refractivity contribution in [1.29, 1.82) is 0 Å². The topological polar surface area (TPSA) is 84.5 Å². The zero-order valence-corrected chi connectivity index (χ0v) is 13.8. The lowest BCUT2D eigenvalue weighted by atomic mass is 10.1. The molecule has 25 heavy (non-hydrogen) atoms. The predicted molar refractivity (Wildman–Crippen MR) is 89.9 cm³/mol. The molecule has 1 N–H and O–H groups in total. The molecule has 0 aromatic carbocycles. The first-order chi connectivity index (χ1) is 12.2. The van der Waals surface area contributed by atoms with Crippen LogP contribution in [0.4, 0.5) is 0 Å². The van der Waals surface area contributed by atoms with E-state index in [0.717, 1.165) is 11.3 Å². The summed E-state index contributed by atoms with van der Waals surface area (Å²) in [7, 11) is 1.61. The van der Waals surface area contributed by atoms with Crippen LogP contribution in [0.25, 0.3) is 5.65 Å². The number of carbonyl (C=O) groups is 2. The maximum Gasteiger partial charge on any atom is 0.272 e. The van der Waals surface area contributed by atoms with Crippen molar-refractivity contribution in [2.75, 3.05) is 13.6 Å². The number of hydrogen-bond donors (Lipinski definition) is 1. The van der Waals surface area contributed by atoms with Crippen LogP contribution in [-0.4, -0.2) is 49.5 Å². The third kappa shape index (κ3) is 2.65. The van der Waals surface area contributed by atoms with Crippen LogP contribution < -0.4 is 5.32 Å². The van der Waals surface area contributed by atoms with Gasteiger partial charge in [-0.1, -0.05) is 6.07 Å². The summed E-state index contributed by atoms with van der Waals surface area (Å²) in [6, 6.07) is 7.31. The standard InChI is InChI=1S/C17H18N6O2/c1-18-16(24)8-13-11-21(10-12-5-6-20-23(12)13)17(25)14-9-19-15-4-2-3-7-22(14)15/h2-7,9,13H,8,10-11H2,1H3,(H,18,24)/t13-/m1/s1. The number of imidazole rings is 1. The van der Waals surface area contributed by atoms with Gasteiger partial charge in [0.15, 0.2) is 0 Å². The molecule has 8 heteroatoms. The van der Waals surface area contributed by atoms with Gasteiger partial charge in [-0.05, 0) is 18.2 Å².